The van der Waals surface area contributed by atoms with Crippen molar-refractivity contribution in [3.8, 4) is 0 Å². The Morgan fingerprint density at radius 3 is 2.53 bits per heavy atom. The SMILES string of the molecule is CCC(CC)n1c(N)cc2ccccc2c1=O. The van der Waals surface area contributed by atoms with Gasteiger partial charge in [-0.25, -0.2) is 0 Å². The lowest BCUT2D eigenvalue weighted by Gasteiger charge is -2.19. The maximum atomic E-state index is 12.4. The van der Waals surface area contributed by atoms with Crippen LogP contribution in [0.1, 0.15) is 32.7 Å². The summed E-state index contributed by atoms with van der Waals surface area (Å²) in [6, 6.07) is 9.65. The second kappa shape index (κ2) is 4.62. The van der Waals surface area contributed by atoms with Crippen LogP contribution in [0.2, 0.25) is 0 Å². The topological polar surface area (TPSA) is 48.0 Å². The minimum absolute atomic E-state index is 0.0225. The number of hydrogen-bond donors (Lipinski definition) is 1. The zero-order valence-corrected chi connectivity index (χ0v) is 10.3. The average molecular weight is 230 g/mol. The zero-order valence-electron chi connectivity index (χ0n) is 10.3. The highest BCUT2D eigenvalue weighted by molar-refractivity contribution is 5.83. The molecule has 3 heteroatoms. The molecule has 2 rings (SSSR count). The minimum Gasteiger partial charge on any atom is -0.385 e. The van der Waals surface area contributed by atoms with Crippen LogP contribution >= 0.6 is 0 Å². The zero-order chi connectivity index (χ0) is 12.4. The summed E-state index contributed by atoms with van der Waals surface area (Å²) in [5.74, 6) is 0.558. The van der Waals surface area contributed by atoms with Gasteiger partial charge in [-0.15, -0.1) is 0 Å². The summed E-state index contributed by atoms with van der Waals surface area (Å²) >= 11 is 0. The third-order valence-electron chi connectivity index (χ3n) is 3.30. The van der Waals surface area contributed by atoms with Gasteiger partial charge in [0.25, 0.3) is 5.56 Å². The molecule has 0 aliphatic rings. The van der Waals surface area contributed by atoms with Crippen LogP contribution in [0, 0.1) is 0 Å². The number of nitrogen functional groups attached to an aromatic ring is 1. The molecule has 1 heterocycles. The molecule has 90 valence electrons. The van der Waals surface area contributed by atoms with Gasteiger partial charge in [-0.1, -0.05) is 32.0 Å². The predicted molar refractivity (Wildman–Crippen MR) is 72.2 cm³/mol. The molecule has 2 N–H and O–H groups in total. The molecule has 0 radical (unpaired) electrons. The van der Waals surface area contributed by atoms with Gasteiger partial charge >= 0.3 is 0 Å². The van der Waals surface area contributed by atoms with Crippen molar-refractivity contribution in [1.82, 2.24) is 4.57 Å². The first-order valence-electron chi connectivity index (χ1n) is 6.08. The Kier molecular flexibility index (Phi) is 3.18. The van der Waals surface area contributed by atoms with E-state index in [4.69, 9.17) is 5.73 Å². The van der Waals surface area contributed by atoms with Crippen LogP contribution in [-0.4, -0.2) is 4.57 Å². The second-order valence-corrected chi connectivity index (χ2v) is 4.30. The summed E-state index contributed by atoms with van der Waals surface area (Å²) in [6.45, 7) is 4.16. The molecule has 1 aromatic carbocycles. The third kappa shape index (κ3) is 1.93. The Morgan fingerprint density at radius 1 is 1.24 bits per heavy atom. The number of fused-ring (bicyclic) bond motifs is 1. The number of benzene rings is 1. The summed E-state index contributed by atoms with van der Waals surface area (Å²) in [4.78, 5) is 12.4. The van der Waals surface area contributed by atoms with Crippen LogP contribution in [-0.2, 0) is 0 Å². The van der Waals surface area contributed by atoms with Crippen LogP contribution in [0.5, 0.6) is 0 Å². The molecule has 17 heavy (non-hydrogen) atoms. The van der Waals surface area contributed by atoms with Crippen molar-refractivity contribution in [2.75, 3.05) is 5.73 Å². The first-order valence-corrected chi connectivity index (χ1v) is 6.08. The van der Waals surface area contributed by atoms with Crippen LogP contribution < -0.4 is 11.3 Å². The molecule has 0 bridgehead atoms. The van der Waals surface area contributed by atoms with Crippen molar-refractivity contribution in [3.63, 3.8) is 0 Å². The van der Waals surface area contributed by atoms with E-state index in [0.29, 0.717) is 5.82 Å². The molecule has 0 amide bonds. The van der Waals surface area contributed by atoms with Crippen molar-refractivity contribution in [3.05, 3.63) is 40.7 Å². The van der Waals surface area contributed by atoms with E-state index in [2.05, 4.69) is 13.8 Å². The van der Waals surface area contributed by atoms with E-state index in [0.717, 1.165) is 23.6 Å². The smallest absolute Gasteiger partial charge is 0.260 e. The van der Waals surface area contributed by atoms with Gasteiger partial charge in [-0.3, -0.25) is 9.36 Å². The molecule has 0 unspecified atom stereocenters. The lowest BCUT2D eigenvalue weighted by molar-refractivity contribution is 0.467. The maximum Gasteiger partial charge on any atom is 0.260 e. The van der Waals surface area contributed by atoms with Gasteiger partial charge in [0, 0.05) is 11.4 Å². The lowest BCUT2D eigenvalue weighted by Crippen LogP contribution is -2.26. The van der Waals surface area contributed by atoms with Gasteiger partial charge in [-0.05, 0) is 30.4 Å². The quantitative estimate of drug-likeness (QED) is 0.881. The Labute approximate surface area is 101 Å². The average Bonchev–Trinajstić information content (AvgIpc) is 2.34. The highest BCUT2D eigenvalue weighted by atomic mass is 16.1. The van der Waals surface area contributed by atoms with Crippen molar-refractivity contribution < 1.29 is 0 Å². The van der Waals surface area contributed by atoms with Crippen molar-refractivity contribution >= 4 is 16.6 Å². The van der Waals surface area contributed by atoms with Gasteiger partial charge in [0.2, 0.25) is 0 Å². The van der Waals surface area contributed by atoms with E-state index in [1.807, 2.05) is 30.3 Å². The number of nitrogens with zero attached hydrogens (tertiary/aromatic N) is 1. The Balaban J connectivity index is 2.76. The largest absolute Gasteiger partial charge is 0.385 e. The highest BCUT2D eigenvalue weighted by Gasteiger charge is 2.13. The predicted octanol–water partition coefficient (Wildman–Crippen LogP) is 2.94. The molecule has 0 aliphatic carbocycles. The third-order valence-corrected chi connectivity index (χ3v) is 3.30. The minimum atomic E-state index is 0.0225. The second-order valence-electron chi connectivity index (χ2n) is 4.30. The fourth-order valence-electron chi connectivity index (χ4n) is 2.32. The maximum absolute atomic E-state index is 12.4. The van der Waals surface area contributed by atoms with Gasteiger partial charge < -0.3 is 5.73 Å². The van der Waals surface area contributed by atoms with E-state index in [1.165, 1.54) is 0 Å². The number of nitrogens with two attached hydrogens (primary N) is 1. The molecule has 0 saturated heterocycles. The van der Waals surface area contributed by atoms with Crippen molar-refractivity contribution in [1.29, 1.82) is 0 Å². The van der Waals surface area contributed by atoms with Crippen LogP contribution in [0.4, 0.5) is 5.82 Å². The lowest BCUT2D eigenvalue weighted by atomic mass is 10.1. The van der Waals surface area contributed by atoms with Gasteiger partial charge in [0.15, 0.2) is 0 Å². The van der Waals surface area contributed by atoms with E-state index in [1.54, 1.807) is 4.57 Å². The van der Waals surface area contributed by atoms with E-state index in [-0.39, 0.29) is 11.6 Å². The van der Waals surface area contributed by atoms with E-state index < -0.39 is 0 Å². The Morgan fingerprint density at radius 2 is 1.88 bits per heavy atom. The molecule has 0 saturated carbocycles. The molecular weight excluding hydrogens is 212 g/mol. The molecule has 0 fully saturated rings. The standard InChI is InChI=1S/C14H18N2O/c1-3-11(4-2)16-13(15)9-10-7-5-6-8-12(10)14(16)17/h5-9,11H,3-4,15H2,1-2H3. The van der Waals surface area contributed by atoms with Crippen LogP contribution in [0.25, 0.3) is 10.8 Å². The summed E-state index contributed by atoms with van der Waals surface area (Å²) in [5.41, 5.74) is 6.02. The molecule has 1 aromatic heterocycles. The summed E-state index contributed by atoms with van der Waals surface area (Å²) in [6.07, 6.45) is 1.83. The van der Waals surface area contributed by atoms with Crippen LogP contribution in [0.15, 0.2) is 35.1 Å². The first-order chi connectivity index (χ1) is 8.19. The van der Waals surface area contributed by atoms with Gasteiger partial charge in [-0.2, -0.15) is 0 Å². The first kappa shape index (κ1) is 11.7. The number of pyridine rings is 1. The summed E-state index contributed by atoms with van der Waals surface area (Å²) < 4.78 is 1.72. The fourth-order valence-corrected chi connectivity index (χ4v) is 2.32. The summed E-state index contributed by atoms with van der Waals surface area (Å²) in [7, 11) is 0. The fraction of sp³-hybridized carbons (Fsp3) is 0.357. The van der Waals surface area contributed by atoms with Crippen LogP contribution in [0.3, 0.4) is 0 Å². The van der Waals surface area contributed by atoms with E-state index in [9.17, 15) is 4.79 Å². The highest BCUT2D eigenvalue weighted by Crippen LogP contribution is 2.20. The number of hydrogen-bond acceptors (Lipinski definition) is 2. The van der Waals surface area contributed by atoms with Crippen molar-refractivity contribution in [2.45, 2.75) is 32.7 Å². The number of rotatable bonds is 3. The molecule has 0 atom stereocenters. The molecule has 0 spiro atoms. The molecule has 0 aliphatic heterocycles. The molecule has 2 aromatic rings. The van der Waals surface area contributed by atoms with Crippen molar-refractivity contribution in [2.24, 2.45) is 0 Å². The normalized spacial score (nSPS) is 11.2. The number of anilines is 1. The summed E-state index contributed by atoms with van der Waals surface area (Å²) in [5, 5.41) is 1.66. The Bertz CT molecular complexity index is 582. The molecule has 3 nitrogen and oxygen atoms in total. The Hall–Kier alpha value is -1.77. The monoisotopic (exact) mass is 230 g/mol. The number of aromatic nitrogens is 1. The van der Waals surface area contributed by atoms with Gasteiger partial charge in [0.1, 0.15) is 5.82 Å². The van der Waals surface area contributed by atoms with E-state index >= 15 is 0 Å². The molecular formula is C14H18N2O. The van der Waals surface area contributed by atoms with Gasteiger partial charge in [0.05, 0.1) is 0 Å².